The molecule has 2 aromatic heterocycles. The maximum atomic E-state index is 11.4. The summed E-state index contributed by atoms with van der Waals surface area (Å²) in [5, 5.41) is 5.28. The van der Waals surface area contributed by atoms with Crippen LogP contribution >= 0.6 is 0 Å². The number of hydrogen-bond donors (Lipinski definition) is 3. The van der Waals surface area contributed by atoms with E-state index in [4.69, 9.17) is 0 Å². The van der Waals surface area contributed by atoms with Crippen LogP contribution in [0.5, 0.6) is 0 Å². The molecule has 29 heavy (non-hydrogen) atoms. The minimum absolute atomic E-state index is 0.0636. The van der Waals surface area contributed by atoms with Gasteiger partial charge < -0.3 is 15.3 Å². The van der Waals surface area contributed by atoms with Crippen molar-refractivity contribution >= 4 is 33.4 Å². The highest BCUT2D eigenvalue weighted by Gasteiger charge is 2.23. The number of aromatic amines is 2. The number of hydrogen-bond acceptors (Lipinski definition) is 1. The van der Waals surface area contributed by atoms with Gasteiger partial charge in [0.25, 0.3) is 0 Å². The monoisotopic (exact) mass is 379 g/mol. The van der Waals surface area contributed by atoms with Gasteiger partial charge in [-0.25, -0.2) is 0 Å². The lowest BCUT2D eigenvalue weighted by Gasteiger charge is -2.18. The molecule has 5 aromatic rings. The highest BCUT2D eigenvalue weighted by atomic mass is 16.1. The number of carbonyl (C=O) groups excluding carboxylic acids is 1. The number of carbonyl (C=O) groups is 1. The molecule has 4 heteroatoms. The molecule has 0 spiro atoms. The maximum Gasteiger partial charge on any atom is 0.221 e. The van der Waals surface area contributed by atoms with Crippen molar-refractivity contribution in [1.82, 2.24) is 9.97 Å². The highest BCUT2D eigenvalue weighted by Crippen LogP contribution is 2.39. The van der Waals surface area contributed by atoms with Gasteiger partial charge in [0.15, 0.2) is 0 Å². The van der Waals surface area contributed by atoms with E-state index in [0.717, 1.165) is 16.7 Å². The topological polar surface area (TPSA) is 60.7 Å². The first-order valence-electron chi connectivity index (χ1n) is 9.70. The van der Waals surface area contributed by atoms with E-state index in [-0.39, 0.29) is 11.8 Å². The average Bonchev–Trinajstić information content (AvgIpc) is 3.35. The molecular formula is C25H21N3O. The van der Waals surface area contributed by atoms with E-state index in [1.165, 1.54) is 34.4 Å². The fourth-order valence-corrected chi connectivity index (χ4v) is 4.15. The zero-order valence-electron chi connectivity index (χ0n) is 16.1. The third kappa shape index (κ3) is 3.09. The molecule has 0 aliphatic rings. The second-order valence-corrected chi connectivity index (χ2v) is 7.32. The molecule has 0 fully saturated rings. The molecule has 0 bridgehead atoms. The Morgan fingerprint density at radius 1 is 0.759 bits per heavy atom. The lowest BCUT2D eigenvalue weighted by molar-refractivity contribution is -0.114. The van der Waals surface area contributed by atoms with Crippen molar-refractivity contribution in [3.05, 3.63) is 102 Å². The molecular weight excluding hydrogens is 358 g/mol. The van der Waals surface area contributed by atoms with Crippen LogP contribution in [0.15, 0.2) is 85.2 Å². The number of anilines is 1. The first kappa shape index (κ1) is 17.3. The Morgan fingerprint density at radius 3 is 1.79 bits per heavy atom. The summed E-state index contributed by atoms with van der Waals surface area (Å²) in [5.41, 5.74) is 6.70. The fourth-order valence-electron chi connectivity index (χ4n) is 4.15. The van der Waals surface area contributed by atoms with Crippen LogP contribution in [0.3, 0.4) is 0 Å². The summed E-state index contributed by atoms with van der Waals surface area (Å²) < 4.78 is 0. The Labute approximate surface area is 168 Å². The van der Waals surface area contributed by atoms with Crippen LogP contribution in [0.4, 0.5) is 5.69 Å². The molecule has 0 saturated carbocycles. The van der Waals surface area contributed by atoms with Crippen molar-refractivity contribution in [2.75, 3.05) is 5.32 Å². The van der Waals surface area contributed by atoms with E-state index < -0.39 is 0 Å². The van der Waals surface area contributed by atoms with Gasteiger partial charge in [0.1, 0.15) is 0 Å². The predicted octanol–water partition coefficient (Wildman–Crippen LogP) is 5.79. The standard InChI is InChI=1S/C25H21N3O/c1-16(29)28-18-12-10-17(11-13-18)25(21-14-26-23-8-4-2-6-19(21)23)22-15-27-24-9-5-3-7-20(22)24/h2-15,25-27H,1H3,(H,28,29). The molecule has 0 aliphatic carbocycles. The highest BCUT2D eigenvalue weighted by molar-refractivity contribution is 5.90. The van der Waals surface area contributed by atoms with Gasteiger partial charge in [-0.2, -0.15) is 0 Å². The van der Waals surface area contributed by atoms with Crippen LogP contribution in [-0.4, -0.2) is 15.9 Å². The maximum absolute atomic E-state index is 11.4. The van der Waals surface area contributed by atoms with Gasteiger partial charge in [0.05, 0.1) is 0 Å². The van der Waals surface area contributed by atoms with Crippen LogP contribution in [0.25, 0.3) is 21.8 Å². The molecule has 0 saturated heterocycles. The van der Waals surface area contributed by atoms with Gasteiger partial charge in [0.2, 0.25) is 5.91 Å². The van der Waals surface area contributed by atoms with E-state index in [0.29, 0.717) is 0 Å². The normalized spacial score (nSPS) is 11.4. The molecule has 142 valence electrons. The number of benzene rings is 3. The smallest absolute Gasteiger partial charge is 0.221 e. The fraction of sp³-hybridized carbons (Fsp3) is 0.0800. The molecule has 2 heterocycles. The molecule has 3 aromatic carbocycles. The molecule has 3 N–H and O–H groups in total. The van der Waals surface area contributed by atoms with Gasteiger partial charge >= 0.3 is 0 Å². The number of para-hydroxylation sites is 2. The van der Waals surface area contributed by atoms with E-state index in [1.807, 2.05) is 24.3 Å². The van der Waals surface area contributed by atoms with Crippen molar-refractivity contribution in [2.24, 2.45) is 0 Å². The number of aromatic nitrogens is 2. The summed E-state index contributed by atoms with van der Waals surface area (Å²) in [6, 6.07) is 24.9. The third-order valence-electron chi connectivity index (χ3n) is 5.43. The second-order valence-electron chi connectivity index (χ2n) is 7.32. The molecule has 0 atom stereocenters. The minimum Gasteiger partial charge on any atom is -0.361 e. The molecule has 4 nitrogen and oxygen atoms in total. The summed E-state index contributed by atoms with van der Waals surface area (Å²) in [7, 11) is 0. The van der Waals surface area contributed by atoms with Gasteiger partial charge in [-0.15, -0.1) is 0 Å². The summed E-state index contributed by atoms with van der Waals surface area (Å²) in [4.78, 5) is 18.2. The summed E-state index contributed by atoms with van der Waals surface area (Å²) >= 11 is 0. The Morgan fingerprint density at radius 2 is 1.28 bits per heavy atom. The van der Waals surface area contributed by atoms with Crippen LogP contribution in [0.2, 0.25) is 0 Å². The van der Waals surface area contributed by atoms with Crippen molar-refractivity contribution in [3.8, 4) is 0 Å². The Hall–Kier alpha value is -3.79. The van der Waals surface area contributed by atoms with Crippen LogP contribution in [-0.2, 0) is 4.79 Å². The minimum atomic E-state index is -0.0671. The van der Waals surface area contributed by atoms with Crippen LogP contribution < -0.4 is 5.32 Å². The number of rotatable bonds is 4. The Kier molecular flexibility index (Phi) is 4.17. The van der Waals surface area contributed by atoms with Crippen LogP contribution in [0, 0.1) is 0 Å². The molecule has 5 rings (SSSR count). The number of fused-ring (bicyclic) bond motifs is 2. The lowest BCUT2D eigenvalue weighted by Crippen LogP contribution is -2.06. The van der Waals surface area contributed by atoms with E-state index in [9.17, 15) is 4.79 Å². The van der Waals surface area contributed by atoms with Gasteiger partial charge in [-0.3, -0.25) is 4.79 Å². The Bertz CT molecular complexity index is 1240. The summed E-state index contributed by atoms with van der Waals surface area (Å²) in [6.45, 7) is 1.52. The van der Waals surface area contributed by atoms with E-state index in [1.54, 1.807) is 0 Å². The SMILES string of the molecule is CC(=O)Nc1ccc(C(c2c[nH]c3ccccc23)c2c[nH]c3ccccc23)cc1. The lowest BCUT2D eigenvalue weighted by atomic mass is 9.84. The zero-order valence-corrected chi connectivity index (χ0v) is 16.1. The number of nitrogens with one attached hydrogen (secondary N) is 3. The van der Waals surface area contributed by atoms with Crippen molar-refractivity contribution < 1.29 is 4.79 Å². The van der Waals surface area contributed by atoms with Crippen molar-refractivity contribution in [3.63, 3.8) is 0 Å². The van der Waals surface area contributed by atoms with E-state index >= 15 is 0 Å². The van der Waals surface area contributed by atoms with Gasteiger partial charge in [-0.05, 0) is 41.0 Å². The first-order chi connectivity index (χ1) is 14.2. The first-order valence-corrected chi connectivity index (χ1v) is 9.70. The molecule has 1 amide bonds. The third-order valence-corrected chi connectivity index (χ3v) is 5.43. The number of H-pyrrole nitrogens is 2. The van der Waals surface area contributed by atoms with Gasteiger partial charge in [0, 0.05) is 52.7 Å². The molecule has 0 radical (unpaired) electrons. The molecule has 0 aliphatic heterocycles. The quantitative estimate of drug-likeness (QED) is 0.364. The van der Waals surface area contributed by atoms with Gasteiger partial charge in [-0.1, -0.05) is 48.5 Å². The average molecular weight is 379 g/mol. The number of amides is 1. The van der Waals surface area contributed by atoms with Crippen LogP contribution in [0.1, 0.15) is 29.5 Å². The largest absolute Gasteiger partial charge is 0.361 e. The van der Waals surface area contributed by atoms with Crippen molar-refractivity contribution in [2.45, 2.75) is 12.8 Å². The van der Waals surface area contributed by atoms with E-state index in [2.05, 4.69) is 76.2 Å². The predicted molar refractivity (Wildman–Crippen MR) is 118 cm³/mol. The summed E-state index contributed by atoms with van der Waals surface area (Å²) in [5.74, 6) is -0.00349. The second kappa shape index (κ2) is 6.99. The molecule has 0 unspecified atom stereocenters. The Balaban J connectivity index is 1.70. The zero-order chi connectivity index (χ0) is 19.8. The van der Waals surface area contributed by atoms with Crippen molar-refractivity contribution in [1.29, 1.82) is 0 Å². The summed E-state index contributed by atoms with van der Waals surface area (Å²) in [6.07, 6.45) is 4.22.